The van der Waals surface area contributed by atoms with Crippen LogP contribution in [0.3, 0.4) is 0 Å². The predicted octanol–water partition coefficient (Wildman–Crippen LogP) is 7.58. The van der Waals surface area contributed by atoms with Crippen LogP contribution >= 0.6 is 0 Å². The maximum atomic E-state index is 12.3. The Bertz CT molecular complexity index is 2330. The molecule has 0 bridgehead atoms. The van der Waals surface area contributed by atoms with E-state index in [1.165, 1.54) is 0 Å². The van der Waals surface area contributed by atoms with Crippen LogP contribution in [0.1, 0.15) is 0 Å². The number of hydrogen-bond donors (Lipinski definition) is 2. The zero-order chi connectivity index (χ0) is 31.4. The molecule has 0 fully saturated rings. The van der Waals surface area contributed by atoms with Crippen molar-refractivity contribution in [2.45, 2.75) is 0 Å². The van der Waals surface area contributed by atoms with Crippen LogP contribution < -0.4 is 10.4 Å². The van der Waals surface area contributed by atoms with Crippen LogP contribution in [0, 0.1) is 0 Å². The Balaban J connectivity index is 1.80. The second-order valence-corrected chi connectivity index (χ2v) is 11.5. The van der Waals surface area contributed by atoms with Gasteiger partial charge in [0.25, 0.3) is 0 Å². The zero-order valence-corrected chi connectivity index (χ0v) is 24.6. The highest BCUT2D eigenvalue weighted by molar-refractivity contribution is 6.25. The van der Waals surface area contributed by atoms with Crippen LogP contribution in [0.15, 0.2) is 146 Å². The van der Waals surface area contributed by atoms with Gasteiger partial charge < -0.3 is 10.2 Å². The average molecular weight is 595 g/mol. The first kappa shape index (κ1) is 27.3. The van der Waals surface area contributed by atoms with Gasteiger partial charge in [0.2, 0.25) is 0 Å². The standard InChI is InChI=1S/C42H26O4/c43-29-17-9-25(10-18-29)37-33-5-1-2-6-34(33)38(26-11-19-30(44)20-12-26)42-40(28-15-23-32(46)24-16-28)36-8-4-3-7-35(36)39(41(37)42)27-13-21-31(45)22-14-27/h1-24,43-44H. The molecule has 46 heavy (non-hydrogen) atoms. The zero-order valence-electron chi connectivity index (χ0n) is 24.6. The van der Waals surface area contributed by atoms with E-state index in [0.717, 1.165) is 76.2 Å². The summed E-state index contributed by atoms with van der Waals surface area (Å²) in [6, 6.07) is 31.1. The highest BCUT2D eigenvalue weighted by Gasteiger charge is 2.22. The fourth-order valence-electron chi connectivity index (χ4n) is 6.83. The number of fused-ring (bicyclic) bond motifs is 3. The number of benzene rings is 6. The lowest BCUT2D eigenvalue weighted by Gasteiger charge is -2.22. The first-order chi connectivity index (χ1) is 22.5. The maximum Gasteiger partial charge on any atom is 0.178 e. The molecule has 6 aromatic rings. The highest BCUT2D eigenvalue weighted by Crippen LogP contribution is 2.43. The summed E-state index contributed by atoms with van der Waals surface area (Å²) in [7, 11) is 0. The molecule has 4 heteroatoms. The van der Waals surface area contributed by atoms with E-state index in [4.69, 9.17) is 0 Å². The van der Waals surface area contributed by atoms with E-state index >= 15 is 0 Å². The average Bonchev–Trinajstić information content (AvgIpc) is 3.08. The van der Waals surface area contributed by atoms with Gasteiger partial charge in [0, 0.05) is 0 Å². The molecule has 0 heterocycles. The van der Waals surface area contributed by atoms with Crippen molar-refractivity contribution in [3.63, 3.8) is 0 Å². The van der Waals surface area contributed by atoms with Crippen molar-refractivity contribution in [1.82, 2.24) is 0 Å². The van der Waals surface area contributed by atoms with E-state index in [0.29, 0.717) is 0 Å². The Kier molecular flexibility index (Phi) is 6.36. The number of rotatable bonds is 2. The number of carbonyl (C=O) groups is 2. The number of phenols is 2. The second-order valence-electron chi connectivity index (χ2n) is 11.5. The third-order valence-electron chi connectivity index (χ3n) is 8.78. The SMILES string of the molecule is O=C1C=CC(=c2c3ccccc3c(=C3C=CC(=O)C=C3)c3c(-c4ccc(O)cc4)c4ccccc4c(-c4ccc(O)cc4)c23)C=C1. The Morgan fingerprint density at radius 2 is 0.696 bits per heavy atom. The van der Waals surface area contributed by atoms with E-state index in [9.17, 15) is 19.8 Å². The highest BCUT2D eigenvalue weighted by atomic mass is 16.3. The fourth-order valence-corrected chi connectivity index (χ4v) is 6.83. The Morgan fingerprint density at radius 3 is 1.04 bits per heavy atom. The third kappa shape index (κ3) is 4.39. The summed E-state index contributed by atoms with van der Waals surface area (Å²) in [5, 5.41) is 28.5. The van der Waals surface area contributed by atoms with Crippen LogP contribution in [0.4, 0.5) is 0 Å². The van der Waals surface area contributed by atoms with E-state index in [2.05, 4.69) is 24.3 Å². The number of carbonyl (C=O) groups excluding carboxylic acids is 2. The second kappa shape index (κ2) is 10.7. The van der Waals surface area contributed by atoms with Gasteiger partial charge in [0.1, 0.15) is 11.5 Å². The van der Waals surface area contributed by atoms with Crippen molar-refractivity contribution in [2.24, 2.45) is 0 Å². The van der Waals surface area contributed by atoms with Crippen molar-refractivity contribution < 1.29 is 19.8 Å². The molecule has 0 atom stereocenters. The summed E-state index contributed by atoms with van der Waals surface area (Å²) in [5.74, 6) is 0.211. The quantitative estimate of drug-likeness (QED) is 0.203. The van der Waals surface area contributed by atoms with Crippen LogP contribution in [-0.4, -0.2) is 21.8 Å². The van der Waals surface area contributed by atoms with Gasteiger partial charge in [-0.2, -0.15) is 0 Å². The van der Waals surface area contributed by atoms with Crippen LogP contribution in [0.5, 0.6) is 11.5 Å². The van der Waals surface area contributed by atoms with E-state index in [-0.39, 0.29) is 23.1 Å². The molecular weight excluding hydrogens is 568 g/mol. The molecule has 0 saturated heterocycles. The summed E-state index contributed by atoms with van der Waals surface area (Å²) in [5.41, 5.74) is 5.62. The molecule has 0 radical (unpaired) electrons. The summed E-state index contributed by atoms with van der Waals surface area (Å²) in [4.78, 5) is 24.7. The van der Waals surface area contributed by atoms with Crippen LogP contribution in [0.2, 0.25) is 0 Å². The van der Waals surface area contributed by atoms with Crippen molar-refractivity contribution in [1.29, 1.82) is 0 Å². The van der Waals surface area contributed by atoms with Crippen molar-refractivity contribution in [3.8, 4) is 33.8 Å². The van der Waals surface area contributed by atoms with E-state index < -0.39 is 0 Å². The minimum atomic E-state index is -0.0688. The van der Waals surface area contributed by atoms with Gasteiger partial charge in [0.15, 0.2) is 11.6 Å². The summed E-state index contributed by atoms with van der Waals surface area (Å²) in [6.45, 7) is 0. The lowest BCUT2D eigenvalue weighted by atomic mass is 9.81. The van der Waals surface area contributed by atoms with Crippen LogP contribution in [-0.2, 0) is 9.59 Å². The largest absolute Gasteiger partial charge is 0.508 e. The third-order valence-corrected chi connectivity index (χ3v) is 8.78. The lowest BCUT2D eigenvalue weighted by Crippen LogP contribution is -2.21. The molecule has 218 valence electrons. The van der Waals surface area contributed by atoms with Gasteiger partial charge in [-0.25, -0.2) is 0 Å². The first-order valence-electron chi connectivity index (χ1n) is 15.0. The number of ketones is 2. The van der Waals surface area contributed by atoms with Crippen LogP contribution in [0.25, 0.3) is 65.7 Å². The Morgan fingerprint density at radius 1 is 0.370 bits per heavy atom. The smallest absolute Gasteiger partial charge is 0.178 e. The molecule has 0 aromatic heterocycles. The molecule has 6 aromatic carbocycles. The van der Waals surface area contributed by atoms with Gasteiger partial charge in [-0.1, -0.05) is 97.1 Å². The van der Waals surface area contributed by atoms with Gasteiger partial charge in [-0.05, 0) is 125 Å². The molecule has 8 rings (SSSR count). The molecule has 0 unspecified atom stereocenters. The molecule has 0 aliphatic heterocycles. The molecule has 0 amide bonds. The summed E-state index contributed by atoms with van der Waals surface area (Å²) < 4.78 is 0. The normalized spacial score (nSPS) is 14.3. The minimum Gasteiger partial charge on any atom is -0.508 e. The molecule has 0 spiro atoms. The molecule has 4 nitrogen and oxygen atoms in total. The van der Waals surface area contributed by atoms with Gasteiger partial charge in [0.05, 0.1) is 0 Å². The molecule has 2 aliphatic carbocycles. The van der Waals surface area contributed by atoms with Gasteiger partial charge >= 0.3 is 0 Å². The summed E-state index contributed by atoms with van der Waals surface area (Å²) >= 11 is 0. The predicted molar refractivity (Wildman–Crippen MR) is 186 cm³/mol. The van der Waals surface area contributed by atoms with Gasteiger partial charge in [-0.15, -0.1) is 0 Å². The first-order valence-corrected chi connectivity index (χ1v) is 15.0. The van der Waals surface area contributed by atoms with Crippen molar-refractivity contribution >= 4 is 55.0 Å². The minimum absolute atomic E-state index is 0.0688. The molecular formula is C42H26O4. The molecule has 2 N–H and O–H groups in total. The monoisotopic (exact) mass is 594 g/mol. The number of phenolic OH excluding ortho intramolecular Hbond substituents is 2. The Labute approximate surface area is 264 Å². The molecule has 0 saturated carbocycles. The Hall–Kier alpha value is -6.26. The van der Waals surface area contributed by atoms with E-state index in [1.54, 1.807) is 48.6 Å². The lowest BCUT2D eigenvalue weighted by molar-refractivity contribution is -0.111. The number of hydrogen-bond acceptors (Lipinski definition) is 4. The van der Waals surface area contributed by atoms with Gasteiger partial charge in [-0.3, -0.25) is 9.59 Å². The number of allylic oxidation sites excluding steroid dienone is 8. The molecule has 2 aliphatic rings. The van der Waals surface area contributed by atoms with E-state index in [1.807, 2.05) is 72.8 Å². The summed E-state index contributed by atoms with van der Waals surface area (Å²) in [6.07, 6.45) is 13.9. The topological polar surface area (TPSA) is 74.6 Å². The number of aromatic hydroxyl groups is 2. The fraction of sp³-hybridized carbons (Fsp3) is 0. The van der Waals surface area contributed by atoms with Crippen molar-refractivity contribution in [2.75, 3.05) is 0 Å². The van der Waals surface area contributed by atoms with Crippen molar-refractivity contribution in [3.05, 3.63) is 156 Å². The maximum absolute atomic E-state index is 12.3.